The first-order valence-electron chi connectivity index (χ1n) is 7.46. The molecule has 6 nitrogen and oxygen atoms in total. The van der Waals surface area contributed by atoms with E-state index in [0.717, 1.165) is 32.5 Å². The molecular formula is C14H28N4O2. The molecule has 0 saturated carbocycles. The molecule has 0 aliphatic heterocycles. The summed E-state index contributed by atoms with van der Waals surface area (Å²) in [5.74, 6) is 1.24. The lowest BCUT2D eigenvalue weighted by atomic mass is 10.2. The maximum absolute atomic E-state index is 5.48. The Bertz CT molecular complexity index is 353. The van der Waals surface area contributed by atoms with E-state index in [-0.39, 0.29) is 0 Å². The molecule has 0 amide bonds. The lowest BCUT2D eigenvalue weighted by Crippen LogP contribution is -2.19. The number of nitrogens with zero attached hydrogens (tertiary/aromatic N) is 2. The highest BCUT2D eigenvalue weighted by atomic mass is 16.5. The topological polar surface area (TPSA) is 72.2 Å². The number of unbranched alkanes of at least 4 members (excludes halogenated alkanes) is 1. The molecule has 1 heterocycles. The predicted octanol–water partition coefficient (Wildman–Crippen LogP) is 2.43. The molecule has 0 aromatic carbocycles. The van der Waals surface area contributed by atoms with Crippen LogP contribution in [-0.2, 0) is 11.3 Å². The van der Waals surface area contributed by atoms with Gasteiger partial charge in [0.2, 0.25) is 5.89 Å². The van der Waals surface area contributed by atoms with Gasteiger partial charge in [-0.3, -0.25) is 0 Å². The summed E-state index contributed by atoms with van der Waals surface area (Å²) in [5.41, 5.74) is 0. The summed E-state index contributed by atoms with van der Waals surface area (Å²) >= 11 is 0. The average molecular weight is 284 g/mol. The summed E-state index contributed by atoms with van der Waals surface area (Å²) in [7, 11) is 0. The highest BCUT2D eigenvalue weighted by molar-refractivity contribution is 5.16. The van der Waals surface area contributed by atoms with E-state index in [4.69, 9.17) is 9.15 Å². The maximum Gasteiger partial charge on any atom is 0.315 e. The molecule has 0 aliphatic carbocycles. The molecule has 1 rings (SSSR count). The minimum absolute atomic E-state index is 0.305. The van der Waals surface area contributed by atoms with E-state index in [0.29, 0.717) is 30.5 Å². The molecule has 0 radical (unpaired) electrons. The Morgan fingerprint density at radius 1 is 1.15 bits per heavy atom. The van der Waals surface area contributed by atoms with Gasteiger partial charge in [0.25, 0.3) is 0 Å². The quantitative estimate of drug-likeness (QED) is 0.608. The Kier molecular flexibility index (Phi) is 8.22. The third-order valence-corrected chi connectivity index (χ3v) is 2.59. The van der Waals surface area contributed by atoms with E-state index < -0.39 is 0 Å². The van der Waals surface area contributed by atoms with Crippen LogP contribution in [0.15, 0.2) is 4.42 Å². The SMILES string of the molecule is CC(C)CNCc1nnc(NCCCCOC(C)C)o1. The molecule has 0 aliphatic rings. The van der Waals surface area contributed by atoms with Crippen molar-refractivity contribution in [3.05, 3.63) is 5.89 Å². The third kappa shape index (κ3) is 8.12. The number of nitrogens with one attached hydrogen (secondary N) is 2. The molecule has 2 N–H and O–H groups in total. The molecule has 20 heavy (non-hydrogen) atoms. The molecule has 116 valence electrons. The lowest BCUT2D eigenvalue weighted by molar-refractivity contribution is 0.0765. The molecule has 0 spiro atoms. The first kappa shape index (κ1) is 16.9. The molecule has 0 unspecified atom stereocenters. The van der Waals surface area contributed by atoms with Crippen LogP contribution < -0.4 is 10.6 Å². The normalized spacial score (nSPS) is 11.5. The number of anilines is 1. The second kappa shape index (κ2) is 9.72. The van der Waals surface area contributed by atoms with Crippen LogP contribution in [0.4, 0.5) is 6.01 Å². The van der Waals surface area contributed by atoms with Crippen LogP contribution in [0.2, 0.25) is 0 Å². The van der Waals surface area contributed by atoms with Crippen molar-refractivity contribution in [2.24, 2.45) is 5.92 Å². The van der Waals surface area contributed by atoms with Gasteiger partial charge in [0.15, 0.2) is 0 Å². The molecule has 0 saturated heterocycles. The van der Waals surface area contributed by atoms with Gasteiger partial charge in [-0.1, -0.05) is 18.9 Å². The van der Waals surface area contributed by atoms with Gasteiger partial charge in [0, 0.05) is 13.2 Å². The predicted molar refractivity (Wildman–Crippen MR) is 79.7 cm³/mol. The smallest absolute Gasteiger partial charge is 0.315 e. The van der Waals surface area contributed by atoms with Gasteiger partial charge in [-0.2, -0.15) is 0 Å². The van der Waals surface area contributed by atoms with Crippen molar-refractivity contribution in [2.45, 2.75) is 53.2 Å². The largest absolute Gasteiger partial charge is 0.407 e. The van der Waals surface area contributed by atoms with Crippen molar-refractivity contribution in [3.63, 3.8) is 0 Å². The van der Waals surface area contributed by atoms with Gasteiger partial charge < -0.3 is 19.8 Å². The van der Waals surface area contributed by atoms with Gasteiger partial charge in [0.1, 0.15) is 0 Å². The number of ether oxygens (including phenoxy) is 1. The van der Waals surface area contributed by atoms with Crippen LogP contribution >= 0.6 is 0 Å². The third-order valence-electron chi connectivity index (χ3n) is 2.59. The summed E-state index contributed by atoms with van der Waals surface area (Å²) in [5, 5.41) is 14.3. The Hall–Kier alpha value is -1.14. The summed E-state index contributed by atoms with van der Waals surface area (Å²) in [6.07, 6.45) is 2.36. The van der Waals surface area contributed by atoms with E-state index in [9.17, 15) is 0 Å². The second-order valence-corrected chi connectivity index (χ2v) is 5.58. The van der Waals surface area contributed by atoms with Crippen molar-refractivity contribution < 1.29 is 9.15 Å². The summed E-state index contributed by atoms with van der Waals surface area (Å²) in [4.78, 5) is 0. The highest BCUT2D eigenvalue weighted by Crippen LogP contribution is 2.05. The fourth-order valence-electron chi connectivity index (χ4n) is 1.61. The fourth-order valence-corrected chi connectivity index (χ4v) is 1.61. The zero-order valence-electron chi connectivity index (χ0n) is 13.1. The molecule has 0 atom stereocenters. The number of aromatic nitrogens is 2. The Balaban J connectivity index is 2.08. The van der Waals surface area contributed by atoms with Gasteiger partial charge in [0.05, 0.1) is 12.6 Å². The van der Waals surface area contributed by atoms with E-state index in [1.54, 1.807) is 0 Å². The first-order chi connectivity index (χ1) is 9.58. The summed E-state index contributed by atoms with van der Waals surface area (Å²) in [6, 6.07) is 0.496. The van der Waals surface area contributed by atoms with Gasteiger partial charge in [-0.25, -0.2) is 0 Å². The van der Waals surface area contributed by atoms with Crippen LogP contribution in [0.3, 0.4) is 0 Å². The Morgan fingerprint density at radius 2 is 1.95 bits per heavy atom. The monoisotopic (exact) mass is 284 g/mol. The molecule has 1 aromatic rings. The Morgan fingerprint density at radius 3 is 2.65 bits per heavy atom. The molecule has 6 heteroatoms. The van der Waals surface area contributed by atoms with Gasteiger partial charge >= 0.3 is 6.01 Å². The van der Waals surface area contributed by atoms with Crippen molar-refractivity contribution in [1.82, 2.24) is 15.5 Å². The molecular weight excluding hydrogens is 256 g/mol. The number of hydrogen-bond donors (Lipinski definition) is 2. The average Bonchev–Trinajstić information content (AvgIpc) is 2.81. The minimum atomic E-state index is 0.305. The zero-order chi connectivity index (χ0) is 14.8. The lowest BCUT2D eigenvalue weighted by Gasteiger charge is -2.06. The maximum atomic E-state index is 5.48. The molecule has 0 fully saturated rings. The van der Waals surface area contributed by atoms with E-state index >= 15 is 0 Å². The van der Waals surface area contributed by atoms with E-state index in [1.165, 1.54) is 0 Å². The van der Waals surface area contributed by atoms with Crippen LogP contribution in [0, 0.1) is 5.92 Å². The molecule has 1 aromatic heterocycles. The van der Waals surface area contributed by atoms with Crippen molar-refractivity contribution in [3.8, 4) is 0 Å². The van der Waals surface area contributed by atoms with E-state index in [2.05, 4.69) is 34.7 Å². The van der Waals surface area contributed by atoms with Gasteiger partial charge in [-0.05, 0) is 39.2 Å². The minimum Gasteiger partial charge on any atom is -0.407 e. The van der Waals surface area contributed by atoms with Crippen LogP contribution in [0.5, 0.6) is 0 Å². The summed E-state index contributed by atoms with van der Waals surface area (Å²) in [6.45, 7) is 11.6. The van der Waals surface area contributed by atoms with Crippen LogP contribution in [0.25, 0.3) is 0 Å². The van der Waals surface area contributed by atoms with Crippen LogP contribution in [-0.4, -0.2) is 36.0 Å². The standard InChI is InChI=1S/C14H28N4O2/c1-11(2)9-15-10-13-17-18-14(20-13)16-7-5-6-8-19-12(3)4/h11-12,15H,5-10H2,1-4H3,(H,16,18). The number of rotatable bonds is 11. The fraction of sp³-hybridized carbons (Fsp3) is 0.857. The van der Waals surface area contributed by atoms with Gasteiger partial charge in [-0.15, -0.1) is 5.10 Å². The highest BCUT2D eigenvalue weighted by Gasteiger charge is 2.05. The van der Waals surface area contributed by atoms with Crippen molar-refractivity contribution in [1.29, 1.82) is 0 Å². The zero-order valence-corrected chi connectivity index (χ0v) is 13.1. The van der Waals surface area contributed by atoms with E-state index in [1.807, 2.05) is 13.8 Å². The second-order valence-electron chi connectivity index (χ2n) is 5.58. The first-order valence-corrected chi connectivity index (χ1v) is 7.46. The number of hydrogen-bond acceptors (Lipinski definition) is 6. The van der Waals surface area contributed by atoms with Crippen molar-refractivity contribution >= 4 is 6.01 Å². The molecule has 0 bridgehead atoms. The van der Waals surface area contributed by atoms with Crippen LogP contribution in [0.1, 0.15) is 46.4 Å². The summed E-state index contributed by atoms with van der Waals surface area (Å²) < 4.78 is 11.0. The Labute approximate surface area is 121 Å². The van der Waals surface area contributed by atoms with Crippen molar-refractivity contribution in [2.75, 3.05) is 25.0 Å².